The molecule has 1 atom stereocenters. The highest BCUT2D eigenvalue weighted by molar-refractivity contribution is 5.43. The predicted octanol–water partition coefficient (Wildman–Crippen LogP) is 1.64. The van der Waals surface area contributed by atoms with E-state index in [0.29, 0.717) is 6.04 Å². The maximum atomic E-state index is 4.79. The largest absolute Gasteiger partial charge is 0.351 e. The molecule has 2 heterocycles. The fraction of sp³-hybridized carbons (Fsp3) is 0.667. The van der Waals surface area contributed by atoms with Crippen molar-refractivity contribution in [2.24, 2.45) is 0 Å². The molecule has 1 fully saturated rings. The number of pyridine rings is 1. The minimum absolute atomic E-state index is 0.533. The van der Waals surface area contributed by atoms with E-state index in [4.69, 9.17) is 4.98 Å². The fourth-order valence-corrected chi connectivity index (χ4v) is 2.66. The third kappa shape index (κ3) is 3.45. The Morgan fingerprint density at radius 3 is 2.79 bits per heavy atom. The van der Waals surface area contributed by atoms with Crippen molar-refractivity contribution in [3.63, 3.8) is 0 Å². The molecular weight excluding hydrogens is 236 g/mol. The van der Waals surface area contributed by atoms with Gasteiger partial charge in [0.25, 0.3) is 0 Å². The van der Waals surface area contributed by atoms with Crippen LogP contribution in [0.2, 0.25) is 0 Å². The lowest BCUT2D eigenvalue weighted by atomic mass is 10.1. The number of anilines is 1. The molecule has 4 nitrogen and oxygen atoms in total. The summed E-state index contributed by atoms with van der Waals surface area (Å²) < 4.78 is 0. The summed E-state index contributed by atoms with van der Waals surface area (Å²) in [5, 5.41) is 3.36. The first-order valence-electron chi connectivity index (χ1n) is 7.24. The van der Waals surface area contributed by atoms with Crippen molar-refractivity contribution in [1.82, 2.24) is 15.2 Å². The normalized spacial score (nSPS) is 20.8. The van der Waals surface area contributed by atoms with Gasteiger partial charge in [-0.05, 0) is 39.1 Å². The molecule has 2 rings (SSSR count). The van der Waals surface area contributed by atoms with Gasteiger partial charge < -0.3 is 15.1 Å². The van der Waals surface area contributed by atoms with E-state index in [2.05, 4.69) is 55.1 Å². The highest BCUT2D eigenvalue weighted by atomic mass is 15.3. The molecule has 0 amide bonds. The van der Waals surface area contributed by atoms with Crippen LogP contribution < -0.4 is 10.2 Å². The first kappa shape index (κ1) is 14.3. The molecule has 1 aliphatic heterocycles. The molecule has 1 N–H and O–H groups in total. The molecule has 0 spiro atoms. The molecule has 106 valence electrons. The first-order valence-corrected chi connectivity index (χ1v) is 7.24. The Balaban J connectivity index is 2.10. The van der Waals surface area contributed by atoms with Crippen LogP contribution in [0.25, 0.3) is 0 Å². The average Bonchev–Trinajstić information content (AvgIpc) is 2.37. The monoisotopic (exact) mass is 262 g/mol. The first-order chi connectivity index (χ1) is 9.11. The van der Waals surface area contributed by atoms with Crippen molar-refractivity contribution in [2.75, 3.05) is 38.1 Å². The third-order valence-electron chi connectivity index (χ3n) is 3.87. The van der Waals surface area contributed by atoms with Crippen LogP contribution in [0.3, 0.4) is 0 Å². The van der Waals surface area contributed by atoms with Crippen LogP contribution in [0.15, 0.2) is 12.1 Å². The predicted molar refractivity (Wildman–Crippen MR) is 80.7 cm³/mol. The standard InChI is InChI=1S/C15H26N4/c1-5-16-10-14-6-7-15(17-13(14)3)19-9-8-18(4)11-12(19)2/h6-7,12,16H,5,8-11H2,1-4H3. The van der Waals surface area contributed by atoms with Gasteiger partial charge in [0.15, 0.2) is 0 Å². The summed E-state index contributed by atoms with van der Waals surface area (Å²) in [5.74, 6) is 1.12. The van der Waals surface area contributed by atoms with Crippen molar-refractivity contribution in [3.05, 3.63) is 23.4 Å². The smallest absolute Gasteiger partial charge is 0.129 e. The number of aromatic nitrogens is 1. The zero-order valence-corrected chi connectivity index (χ0v) is 12.6. The molecule has 0 saturated carbocycles. The summed E-state index contributed by atoms with van der Waals surface area (Å²) in [6.45, 7) is 11.7. The van der Waals surface area contributed by atoms with Gasteiger partial charge in [-0.3, -0.25) is 0 Å². The minimum atomic E-state index is 0.533. The number of rotatable bonds is 4. The molecule has 1 aromatic rings. The van der Waals surface area contributed by atoms with E-state index < -0.39 is 0 Å². The quantitative estimate of drug-likeness (QED) is 0.894. The molecule has 0 radical (unpaired) electrons. The van der Waals surface area contributed by atoms with Gasteiger partial charge in [-0.1, -0.05) is 13.0 Å². The lowest BCUT2D eigenvalue weighted by Gasteiger charge is -2.39. The van der Waals surface area contributed by atoms with E-state index in [1.807, 2.05) is 0 Å². The van der Waals surface area contributed by atoms with E-state index in [0.717, 1.165) is 44.2 Å². The van der Waals surface area contributed by atoms with E-state index in [-0.39, 0.29) is 0 Å². The number of aryl methyl sites for hydroxylation is 1. The molecule has 4 heteroatoms. The van der Waals surface area contributed by atoms with E-state index in [1.165, 1.54) is 5.56 Å². The summed E-state index contributed by atoms with van der Waals surface area (Å²) in [6, 6.07) is 4.91. The van der Waals surface area contributed by atoms with Crippen LogP contribution in [0.5, 0.6) is 0 Å². The second kappa shape index (κ2) is 6.35. The second-order valence-corrected chi connectivity index (χ2v) is 5.50. The summed E-state index contributed by atoms with van der Waals surface area (Å²) in [4.78, 5) is 9.60. The molecule has 0 aliphatic carbocycles. The number of nitrogens with one attached hydrogen (secondary N) is 1. The topological polar surface area (TPSA) is 31.4 Å². The number of piperazine rings is 1. The van der Waals surface area contributed by atoms with E-state index >= 15 is 0 Å². The van der Waals surface area contributed by atoms with Gasteiger partial charge in [0.05, 0.1) is 0 Å². The van der Waals surface area contributed by atoms with Crippen LogP contribution in [-0.4, -0.2) is 49.2 Å². The maximum Gasteiger partial charge on any atom is 0.129 e. The van der Waals surface area contributed by atoms with Gasteiger partial charge >= 0.3 is 0 Å². The molecule has 1 unspecified atom stereocenters. The molecule has 0 bridgehead atoms. The number of hydrogen-bond acceptors (Lipinski definition) is 4. The van der Waals surface area contributed by atoms with Crippen molar-refractivity contribution >= 4 is 5.82 Å². The Bertz CT molecular complexity index is 419. The zero-order chi connectivity index (χ0) is 13.8. The highest BCUT2D eigenvalue weighted by Gasteiger charge is 2.22. The Kier molecular flexibility index (Phi) is 4.77. The molecule has 1 saturated heterocycles. The van der Waals surface area contributed by atoms with Crippen LogP contribution in [0.1, 0.15) is 25.1 Å². The summed E-state index contributed by atoms with van der Waals surface area (Å²) in [5.41, 5.74) is 2.44. The Labute approximate surface area is 116 Å². The van der Waals surface area contributed by atoms with E-state index in [9.17, 15) is 0 Å². The van der Waals surface area contributed by atoms with Gasteiger partial charge in [-0.25, -0.2) is 4.98 Å². The van der Waals surface area contributed by atoms with Gasteiger partial charge in [-0.15, -0.1) is 0 Å². The second-order valence-electron chi connectivity index (χ2n) is 5.50. The summed E-state index contributed by atoms with van der Waals surface area (Å²) >= 11 is 0. The van der Waals surface area contributed by atoms with Crippen molar-refractivity contribution < 1.29 is 0 Å². The molecule has 1 aliphatic rings. The summed E-state index contributed by atoms with van der Waals surface area (Å²) in [7, 11) is 2.19. The van der Waals surface area contributed by atoms with E-state index in [1.54, 1.807) is 0 Å². The fourth-order valence-electron chi connectivity index (χ4n) is 2.66. The molecule has 19 heavy (non-hydrogen) atoms. The lowest BCUT2D eigenvalue weighted by Crippen LogP contribution is -2.50. The number of nitrogens with zero attached hydrogens (tertiary/aromatic N) is 3. The lowest BCUT2D eigenvalue weighted by molar-refractivity contribution is 0.274. The number of likely N-dealkylation sites (N-methyl/N-ethyl adjacent to an activating group) is 1. The highest BCUT2D eigenvalue weighted by Crippen LogP contribution is 2.19. The van der Waals surface area contributed by atoms with Crippen molar-refractivity contribution in [2.45, 2.75) is 33.4 Å². The number of hydrogen-bond donors (Lipinski definition) is 1. The molecular formula is C15H26N4. The zero-order valence-electron chi connectivity index (χ0n) is 12.6. The molecule has 1 aromatic heterocycles. The van der Waals surface area contributed by atoms with Crippen LogP contribution in [0.4, 0.5) is 5.82 Å². The van der Waals surface area contributed by atoms with Crippen LogP contribution >= 0.6 is 0 Å². The van der Waals surface area contributed by atoms with Crippen molar-refractivity contribution in [3.8, 4) is 0 Å². The van der Waals surface area contributed by atoms with Gasteiger partial charge in [0.2, 0.25) is 0 Å². The molecule has 0 aromatic carbocycles. The van der Waals surface area contributed by atoms with Gasteiger partial charge in [0, 0.05) is 37.9 Å². The minimum Gasteiger partial charge on any atom is -0.351 e. The summed E-state index contributed by atoms with van der Waals surface area (Å²) in [6.07, 6.45) is 0. The SMILES string of the molecule is CCNCc1ccc(N2CCN(C)CC2C)nc1C. The van der Waals surface area contributed by atoms with Crippen LogP contribution in [-0.2, 0) is 6.54 Å². The third-order valence-corrected chi connectivity index (χ3v) is 3.87. The van der Waals surface area contributed by atoms with Gasteiger partial charge in [0.1, 0.15) is 5.82 Å². The van der Waals surface area contributed by atoms with Gasteiger partial charge in [-0.2, -0.15) is 0 Å². The van der Waals surface area contributed by atoms with Crippen molar-refractivity contribution in [1.29, 1.82) is 0 Å². The Hall–Kier alpha value is -1.13. The Morgan fingerprint density at radius 1 is 1.37 bits per heavy atom. The Morgan fingerprint density at radius 2 is 2.16 bits per heavy atom. The van der Waals surface area contributed by atoms with Crippen LogP contribution in [0, 0.1) is 6.92 Å². The average molecular weight is 262 g/mol. The maximum absolute atomic E-state index is 4.79.